The first-order chi connectivity index (χ1) is 2.00. The minimum atomic E-state index is -1.08. The zero-order chi connectivity index (χ0) is 4.50. The summed E-state index contributed by atoms with van der Waals surface area (Å²) in [6.45, 7) is 2.97. The second-order valence-electron chi connectivity index (χ2n) is 1.56. The molecule has 1 atom stereocenters. The molecule has 5 heavy (non-hydrogen) atoms. The SMILES string of the molecule is CC(C)(F)P. The highest BCUT2D eigenvalue weighted by Gasteiger charge is 2.02. The third kappa shape index (κ3) is 187. The van der Waals surface area contributed by atoms with Gasteiger partial charge < -0.3 is 0 Å². The summed E-state index contributed by atoms with van der Waals surface area (Å²) in [6, 6.07) is 0. The second-order valence-corrected chi connectivity index (χ2v) is 2.94. The van der Waals surface area contributed by atoms with Crippen molar-refractivity contribution in [3.63, 3.8) is 0 Å². The van der Waals surface area contributed by atoms with Crippen molar-refractivity contribution in [1.29, 1.82) is 0 Å². The van der Waals surface area contributed by atoms with Crippen molar-refractivity contribution in [2.75, 3.05) is 0 Å². The van der Waals surface area contributed by atoms with Crippen LogP contribution in [0.2, 0.25) is 0 Å². The van der Waals surface area contributed by atoms with Crippen LogP contribution < -0.4 is 0 Å². The number of halogens is 1. The van der Waals surface area contributed by atoms with Gasteiger partial charge in [-0.2, -0.15) is 0 Å². The Labute approximate surface area is 34.0 Å². The van der Waals surface area contributed by atoms with Crippen LogP contribution in [0.15, 0.2) is 0 Å². The van der Waals surface area contributed by atoms with Crippen LogP contribution in [0.5, 0.6) is 0 Å². The van der Waals surface area contributed by atoms with Crippen molar-refractivity contribution in [2.24, 2.45) is 0 Å². The Bertz CT molecular complexity index is 22.4. The first-order valence-electron chi connectivity index (χ1n) is 1.48. The summed E-state index contributed by atoms with van der Waals surface area (Å²) in [4.78, 5) is 0. The normalized spacial score (nSPS) is 12.0. The van der Waals surface area contributed by atoms with Crippen LogP contribution in [0.3, 0.4) is 0 Å². The zero-order valence-electron chi connectivity index (χ0n) is 3.46. The van der Waals surface area contributed by atoms with Gasteiger partial charge in [0.05, 0.1) is 0 Å². The lowest BCUT2D eigenvalue weighted by atomic mass is 10.5. The molecule has 0 fully saturated rings. The Morgan fingerprint density at radius 3 is 1.60 bits per heavy atom. The summed E-state index contributed by atoms with van der Waals surface area (Å²) < 4.78 is 11.7. The number of hydrogen-bond acceptors (Lipinski definition) is 0. The Morgan fingerprint density at radius 2 is 1.60 bits per heavy atom. The molecular weight excluding hydrogens is 86.0 g/mol. The van der Waals surface area contributed by atoms with Crippen molar-refractivity contribution in [1.82, 2.24) is 0 Å². The van der Waals surface area contributed by atoms with Gasteiger partial charge in [0, 0.05) is 0 Å². The van der Waals surface area contributed by atoms with Crippen molar-refractivity contribution in [3.05, 3.63) is 0 Å². The second kappa shape index (κ2) is 1.22. The monoisotopic (exact) mass is 94.0 g/mol. The Hall–Kier alpha value is 0.360. The molecule has 32 valence electrons. The van der Waals surface area contributed by atoms with Gasteiger partial charge in [0.15, 0.2) is 0 Å². The molecule has 0 aliphatic carbocycles. The van der Waals surface area contributed by atoms with Crippen LogP contribution in [-0.4, -0.2) is 5.41 Å². The molecule has 0 saturated heterocycles. The van der Waals surface area contributed by atoms with E-state index in [1.54, 1.807) is 0 Å². The van der Waals surface area contributed by atoms with E-state index in [1.807, 2.05) is 9.24 Å². The van der Waals surface area contributed by atoms with Crippen LogP contribution in [0.1, 0.15) is 13.8 Å². The molecule has 0 nitrogen and oxygen atoms in total. The highest BCUT2D eigenvalue weighted by molar-refractivity contribution is 7.18. The maximum atomic E-state index is 11.7. The third-order valence-electron chi connectivity index (χ3n) is 0. The molecule has 1 unspecified atom stereocenters. The fourth-order valence-corrected chi connectivity index (χ4v) is 0. The van der Waals surface area contributed by atoms with Gasteiger partial charge in [-0.3, -0.25) is 0 Å². The van der Waals surface area contributed by atoms with Gasteiger partial charge in [-0.1, -0.05) is 9.24 Å². The van der Waals surface area contributed by atoms with Crippen LogP contribution in [-0.2, 0) is 0 Å². The lowest BCUT2D eigenvalue weighted by molar-refractivity contribution is 0.345. The lowest BCUT2D eigenvalue weighted by Gasteiger charge is -1.99. The lowest BCUT2D eigenvalue weighted by Crippen LogP contribution is -1.94. The standard InChI is InChI=1S/C3H8FP/c1-3(2,4)5/h5H2,1-2H3. The molecule has 0 aromatic heterocycles. The number of alkyl halides is 1. The molecule has 0 aliphatic rings. The Kier molecular flexibility index (Phi) is 1.30. The van der Waals surface area contributed by atoms with Crippen LogP contribution in [0.4, 0.5) is 4.39 Å². The highest BCUT2D eigenvalue weighted by Crippen LogP contribution is 2.15. The molecular formula is C3H8FP. The molecule has 0 bridgehead atoms. The van der Waals surface area contributed by atoms with E-state index in [4.69, 9.17) is 0 Å². The van der Waals surface area contributed by atoms with Crippen LogP contribution in [0, 0.1) is 0 Å². The molecule has 0 radical (unpaired) electrons. The average molecular weight is 94.1 g/mol. The summed E-state index contributed by atoms with van der Waals surface area (Å²) in [5.74, 6) is 0. The molecule has 0 spiro atoms. The van der Waals surface area contributed by atoms with Gasteiger partial charge >= 0.3 is 0 Å². The summed E-state index contributed by atoms with van der Waals surface area (Å²) >= 11 is 0. The van der Waals surface area contributed by atoms with E-state index in [0.717, 1.165) is 0 Å². The summed E-state index contributed by atoms with van der Waals surface area (Å²) in [5.41, 5.74) is 0. The molecule has 0 saturated carbocycles. The molecule has 0 heterocycles. The molecule has 0 aromatic carbocycles. The fraction of sp³-hybridized carbons (Fsp3) is 1.00. The zero-order valence-corrected chi connectivity index (χ0v) is 4.61. The van der Waals surface area contributed by atoms with Gasteiger partial charge in [-0.05, 0) is 13.8 Å². The van der Waals surface area contributed by atoms with Crippen molar-refractivity contribution in [3.8, 4) is 0 Å². The first kappa shape index (κ1) is 5.36. The van der Waals surface area contributed by atoms with Crippen LogP contribution >= 0.6 is 9.24 Å². The van der Waals surface area contributed by atoms with Crippen molar-refractivity contribution >= 4 is 9.24 Å². The smallest absolute Gasteiger partial charge is 0.118 e. The first-order valence-corrected chi connectivity index (χ1v) is 2.06. The Morgan fingerprint density at radius 1 is 1.60 bits per heavy atom. The average Bonchev–Trinajstić information content (AvgIpc) is 0.722. The largest absolute Gasteiger partial charge is 0.240 e. The van der Waals surface area contributed by atoms with Gasteiger partial charge in [-0.15, -0.1) is 0 Å². The molecule has 0 N–H and O–H groups in total. The van der Waals surface area contributed by atoms with E-state index < -0.39 is 5.41 Å². The highest BCUT2D eigenvalue weighted by atomic mass is 31.0. The molecule has 0 amide bonds. The number of hydrogen-bond donors (Lipinski definition) is 0. The number of rotatable bonds is 0. The van der Waals surface area contributed by atoms with E-state index >= 15 is 0 Å². The van der Waals surface area contributed by atoms with Crippen molar-refractivity contribution < 1.29 is 4.39 Å². The van der Waals surface area contributed by atoms with Gasteiger partial charge in [0.1, 0.15) is 5.41 Å². The molecule has 0 aliphatic heterocycles. The Balaban J connectivity index is 3.02. The van der Waals surface area contributed by atoms with Crippen LogP contribution in [0.25, 0.3) is 0 Å². The van der Waals surface area contributed by atoms with E-state index in [9.17, 15) is 4.39 Å². The molecule has 0 rings (SSSR count). The fourth-order valence-electron chi connectivity index (χ4n) is 0. The maximum absolute atomic E-state index is 11.7. The summed E-state index contributed by atoms with van der Waals surface area (Å²) in [6.07, 6.45) is 0. The van der Waals surface area contributed by atoms with E-state index in [0.29, 0.717) is 0 Å². The maximum Gasteiger partial charge on any atom is 0.118 e. The summed E-state index contributed by atoms with van der Waals surface area (Å²) in [5, 5.41) is -1.08. The predicted octanol–water partition coefficient (Wildman–Crippen LogP) is 1.57. The van der Waals surface area contributed by atoms with Gasteiger partial charge in [-0.25, -0.2) is 4.39 Å². The minimum Gasteiger partial charge on any atom is -0.240 e. The van der Waals surface area contributed by atoms with Gasteiger partial charge in [0.25, 0.3) is 0 Å². The third-order valence-corrected chi connectivity index (χ3v) is 0. The minimum absolute atomic E-state index is 1.08. The van der Waals surface area contributed by atoms with E-state index in [2.05, 4.69) is 0 Å². The molecule has 0 aromatic rings. The van der Waals surface area contributed by atoms with Crippen molar-refractivity contribution in [2.45, 2.75) is 19.3 Å². The predicted molar refractivity (Wildman–Crippen MR) is 24.9 cm³/mol. The van der Waals surface area contributed by atoms with E-state index in [-0.39, 0.29) is 0 Å². The quantitative estimate of drug-likeness (QED) is 0.399. The summed E-state index contributed by atoms with van der Waals surface area (Å²) in [7, 11) is 2.05. The molecule has 2 heteroatoms. The van der Waals surface area contributed by atoms with Gasteiger partial charge in [0.2, 0.25) is 0 Å². The topological polar surface area (TPSA) is 0 Å². The van der Waals surface area contributed by atoms with E-state index in [1.165, 1.54) is 13.8 Å².